The van der Waals surface area contributed by atoms with E-state index in [-0.39, 0.29) is 17.2 Å². The third-order valence-electron chi connectivity index (χ3n) is 3.27. The maximum absolute atomic E-state index is 12.2. The summed E-state index contributed by atoms with van der Waals surface area (Å²) in [6, 6.07) is 9.95. The number of nitrogens with zero attached hydrogens (tertiary/aromatic N) is 1. The zero-order valence-corrected chi connectivity index (χ0v) is 12.3. The van der Waals surface area contributed by atoms with Gasteiger partial charge in [-0.15, -0.1) is 0 Å². The number of carbonyl (C=O) groups excluding carboxylic acids is 2. The summed E-state index contributed by atoms with van der Waals surface area (Å²) < 4.78 is 0. The molecule has 5 heteroatoms. The Labute approximate surface area is 123 Å². The van der Waals surface area contributed by atoms with Crippen LogP contribution in [0.5, 0.6) is 5.75 Å². The number of carbonyl (C=O) groups is 2. The van der Waals surface area contributed by atoms with Gasteiger partial charge in [0.25, 0.3) is 5.91 Å². The Morgan fingerprint density at radius 2 is 1.71 bits per heavy atom. The minimum Gasteiger partial charge on any atom is -0.507 e. The number of benzene rings is 2. The van der Waals surface area contributed by atoms with Gasteiger partial charge in [0.15, 0.2) is 0 Å². The van der Waals surface area contributed by atoms with Gasteiger partial charge < -0.3 is 15.3 Å². The van der Waals surface area contributed by atoms with Crippen molar-refractivity contribution < 1.29 is 14.7 Å². The first-order valence-corrected chi connectivity index (χ1v) is 6.64. The lowest BCUT2D eigenvalue weighted by atomic mass is 10.1. The molecule has 0 radical (unpaired) electrons. The molecule has 2 amide bonds. The van der Waals surface area contributed by atoms with Crippen LogP contribution >= 0.6 is 0 Å². The molecule has 0 saturated heterocycles. The number of aromatic hydroxyl groups is 1. The molecule has 110 valence electrons. The molecule has 0 saturated carbocycles. The molecule has 0 fully saturated rings. The van der Waals surface area contributed by atoms with Crippen molar-refractivity contribution in [3.05, 3.63) is 42.0 Å². The number of fused-ring (bicyclic) bond motifs is 1. The van der Waals surface area contributed by atoms with Crippen LogP contribution < -0.4 is 5.32 Å². The molecule has 0 aliphatic rings. The van der Waals surface area contributed by atoms with Gasteiger partial charge in [-0.05, 0) is 29.8 Å². The predicted octanol–water partition coefficient (Wildman–Crippen LogP) is 1.75. The number of phenols is 1. The van der Waals surface area contributed by atoms with E-state index in [1.807, 2.05) is 24.3 Å². The van der Waals surface area contributed by atoms with Gasteiger partial charge in [-0.2, -0.15) is 0 Å². The minimum atomic E-state index is -0.654. The first-order chi connectivity index (χ1) is 9.90. The summed E-state index contributed by atoms with van der Waals surface area (Å²) in [6.07, 6.45) is 0. The Morgan fingerprint density at radius 3 is 2.29 bits per heavy atom. The average molecular weight is 286 g/mol. The van der Waals surface area contributed by atoms with E-state index in [1.54, 1.807) is 33.2 Å². The molecule has 2 aromatic rings. The molecule has 0 bridgehead atoms. The second kappa shape index (κ2) is 5.83. The zero-order valence-electron chi connectivity index (χ0n) is 12.3. The summed E-state index contributed by atoms with van der Waals surface area (Å²) in [6.45, 7) is 1.61. The monoisotopic (exact) mass is 286 g/mol. The van der Waals surface area contributed by atoms with Crippen LogP contribution in [0.4, 0.5) is 0 Å². The van der Waals surface area contributed by atoms with Gasteiger partial charge in [-0.1, -0.05) is 24.3 Å². The summed E-state index contributed by atoms with van der Waals surface area (Å²) in [5, 5.41) is 14.3. The third kappa shape index (κ3) is 3.13. The summed E-state index contributed by atoms with van der Waals surface area (Å²) in [5.74, 6) is -0.778. The zero-order chi connectivity index (χ0) is 15.6. The molecule has 1 atom stereocenters. The van der Waals surface area contributed by atoms with E-state index in [2.05, 4.69) is 5.32 Å². The van der Waals surface area contributed by atoms with Crippen LogP contribution in [-0.2, 0) is 4.79 Å². The van der Waals surface area contributed by atoms with Gasteiger partial charge in [0.1, 0.15) is 11.8 Å². The molecule has 2 rings (SSSR count). The normalized spacial score (nSPS) is 12.0. The Bertz CT molecular complexity index is 695. The first kappa shape index (κ1) is 14.8. The van der Waals surface area contributed by atoms with Crippen LogP contribution in [0.1, 0.15) is 17.3 Å². The average Bonchev–Trinajstić information content (AvgIpc) is 2.45. The minimum absolute atomic E-state index is 0.101. The van der Waals surface area contributed by atoms with Crippen molar-refractivity contribution in [3.8, 4) is 5.75 Å². The van der Waals surface area contributed by atoms with Gasteiger partial charge in [-0.3, -0.25) is 9.59 Å². The maximum atomic E-state index is 12.2. The topological polar surface area (TPSA) is 69.6 Å². The largest absolute Gasteiger partial charge is 0.507 e. The van der Waals surface area contributed by atoms with Crippen LogP contribution in [0.2, 0.25) is 0 Å². The SMILES string of the molecule is C[C@H](NC(=O)c1cc2ccccc2cc1O)C(=O)N(C)C. The van der Waals surface area contributed by atoms with E-state index in [9.17, 15) is 14.7 Å². The number of amides is 2. The van der Waals surface area contributed by atoms with Crippen LogP contribution in [0.15, 0.2) is 36.4 Å². The van der Waals surface area contributed by atoms with E-state index >= 15 is 0 Å². The molecule has 0 aliphatic carbocycles. The second-order valence-electron chi connectivity index (χ2n) is 5.14. The number of phenolic OH excluding ortho intramolecular Hbond substituents is 1. The first-order valence-electron chi connectivity index (χ1n) is 6.64. The molecule has 5 nitrogen and oxygen atoms in total. The highest BCUT2D eigenvalue weighted by molar-refractivity contribution is 6.03. The Balaban J connectivity index is 2.27. The van der Waals surface area contributed by atoms with Crippen LogP contribution in [0.3, 0.4) is 0 Å². The summed E-state index contributed by atoms with van der Waals surface area (Å²) >= 11 is 0. The maximum Gasteiger partial charge on any atom is 0.255 e. The molecular weight excluding hydrogens is 268 g/mol. The molecule has 0 aromatic heterocycles. The molecule has 0 unspecified atom stereocenters. The van der Waals surface area contributed by atoms with Crippen LogP contribution in [0, 0.1) is 0 Å². The smallest absolute Gasteiger partial charge is 0.255 e. The number of rotatable bonds is 3. The fraction of sp³-hybridized carbons (Fsp3) is 0.250. The van der Waals surface area contributed by atoms with Gasteiger partial charge >= 0.3 is 0 Å². The molecule has 2 N–H and O–H groups in total. The second-order valence-corrected chi connectivity index (χ2v) is 5.14. The molecule has 0 spiro atoms. The summed E-state index contributed by atoms with van der Waals surface area (Å²) in [5.41, 5.74) is 0.159. The van der Waals surface area contributed by atoms with Crippen molar-refractivity contribution in [1.82, 2.24) is 10.2 Å². The van der Waals surface area contributed by atoms with Crippen molar-refractivity contribution in [2.24, 2.45) is 0 Å². The Morgan fingerprint density at radius 1 is 1.14 bits per heavy atom. The van der Waals surface area contributed by atoms with Crippen LogP contribution in [-0.4, -0.2) is 42.0 Å². The lowest BCUT2D eigenvalue weighted by Crippen LogP contribution is -2.44. The van der Waals surface area contributed by atoms with Gasteiger partial charge in [0.05, 0.1) is 5.56 Å². The van der Waals surface area contributed by atoms with E-state index < -0.39 is 11.9 Å². The summed E-state index contributed by atoms with van der Waals surface area (Å²) in [7, 11) is 3.25. The third-order valence-corrected chi connectivity index (χ3v) is 3.27. The highest BCUT2D eigenvalue weighted by Gasteiger charge is 2.20. The van der Waals surface area contributed by atoms with Gasteiger partial charge in [0.2, 0.25) is 5.91 Å². The summed E-state index contributed by atoms with van der Waals surface area (Å²) in [4.78, 5) is 25.4. The van der Waals surface area contributed by atoms with Crippen molar-refractivity contribution in [2.45, 2.75) is 13.0 Å². The number of hydrogen-bond acceptors (Lipinski definition) is 3. The van der Waals surface area contributed by atoms with Crippen molar-refractivity contribution in [2.75, 3.05) is 14.1 Å². The number of nitrogens with one attached hydrogen (secondary N) is 1. The van der Waals surface area contributed by atoms with E-state index in [0.29, 0.717) is 0 Å². The molecule has 2 aromatic carbocycles. The quantitative estimate of drug-likeness (QED) is 0.903. The Hall–Kier alpha value is -2.56. The molecule has 0 aliphatic heterocycles. The lowest BCUT2D eigenvalue weighted by molar-refractivity contribution is -0.130. The van der Waals surface area contributed by atoms with E-state index in [1.165, 1.54) is 4.90 Å². The van der Waals surface area contributed by atoms with Gasteiger partial charge in [0, 0.05) is 14.1 Å². The lowest BCUT2D eigenvalue weighted by Gasteiger charge is -2.18. The molecule has 0 heterocycles. The number of likely N-dealkylation sites (N-methyl/N-ethyl adjacent to an activating group) is 1. The van der Waals surface area contributed by atoms with Crippen LogP contribution in [0.25, 0.3) is 10.8 Å². The van der Waals surface area contributed by atoms with E-state index in [0.717, 1.165) is 10.8 Å². The molecular formula is C16H18N2O3. The predicted molar refractivity (Wildman–Crippen MR) is 81.2 cm³/mol. The van der Waals surface area contributed by atoms with Crippen molar-refractivity contribution in [3.63, 3.8) is 0 Å². The van der Waals surface area contributed by atoms with E-state index in [4.69, 9.17) is 0 Å². The Kier molecular flexibility index (Phi) is 4.12. The highest BCUT2D eigenvalue weighted by atomic mass is 16.3. The fourth-order valence-corrected chi connectivity index (χ4v) is 2.13. The highest BCUT2D eigenvalue weighted by Crippen LogP contribution is 2.24. The van der Waals surface area contributed by atoms with Crippen molar-refractivity contribution in [1.29, 1.82) is 0 Å². The fourth-order valence-electron chi connectivity index (χ4n) is 2.13. The van der Waals surface area contributed by atoms with Gasteiger partial charge in [-0.25, -0.2) is 0 Å². The molecule has 21 heavy (non-hydrogen) atoms. The van der Waals surface area contributed by atoms with Crippen molar-refractivity contribution >= 4 is 22.6 Å². The number of hydrogen-bond donors (Lipinski definition) is 2. The standard InChI is InChI=1S/C16H18N2O3/c1-10(16(21)18(2)3)17-15(20)13-8-11-6-4-5-7-12(11)9-14(13)19/h4-10,19H,1-3H3,(H,17,20)/t10-/m0/s1.